The predicted octanol–water partition coefficient (Wildman–Crippen LogP) is 1.59. The Kier molecular flexibility index (Phi) is 7.09. The summed E-state index contributed by atoms with van der Waals surface area (Å²) in [7, 11) is 1.57. The number of hydrogen-bond acceptors (Lipinski definition) is 6. The summed E-state index contributed by atoms with van der Waals surface area (Å²) in [5.41, 5.74) is 1.08. The van der Waals surface area contributed by atoms with Crippen LogP contribution < -0.4 is 15.5 Å². The Balaban J connectivity index is 1.61. The van der Waals surface area contributed by atoms with Crippen LogP contribution in [0.25, 0.3) is 10.8 Å². The Morgan fingerprint density at radius 1 is 1.21 bits per heavy atom. The number of amides is 2. The van der Waals surface area contributed by atoms with Crippen LogP contribution in [0, 0.1) is 0 Å². The van der Waals surface area contributed by atoms with Crippen molar-refractivity contribution < 1.29 is 18.9 Å². The summed E-state index contributed by atoms with van der Waals surface area (Å²) < 4.78 is 5.75. The predicted molar refractivity (Wildman–Crippen MR) is 111 cm³/mol. The van der Waals surface area contributed by atoms with E-state index in [2.05, 4.69) is 27.8 Å². The van der Waals surface area contributed by atoms with Crippen molar-refractivity contribution in [1.82, 2.24) is 15.5 Å². The Morgan fingerprint density at radius 2 is 2.07 bits per heavy atom. The Hall–Kier alpha value is -3.04. The number of carbonyl (C=O) groups excluding carboxylic acids is 2. The molecule has 8 nitrogen and oxygen atoms in total. The number of rotatable bonds is 9. The highest BCUT2D eigenvalue weighted by Gasteiger charge is 2.19. The van der Waals surface area contributed by atoms with Gasteiger partial charge in [-0.05, 0) is 36.1 Å². The lowest BCUT2D eigenvalue weighted by Gasteiger charge is -2.16. The molecule has 3 rings (SSSR count). The molecule has 0 fully saturated rings. The molecule has 3 N–H and O–H groups in total. The molecule has 1 unspecified atom stereocenters. The number of benzene rings is 1. The molecule has 2 heterocycles. The first-order chi connectivity index (χ1) is 14.1. The van der Waals surface area contributed by atoms with Crippen molar-refractivity contribution in [3.63, 3.8) is 0 Å². The molecule has 0 bridgehead atoms. The summed E-state index contributed by atoms with van der Waals surface area (Å²) >= 11 is 1.54. The van der Waals surface area contributed by atoms with E-state index >= 15 is 0 Å². The molecule has 2 amide bonds. The van der Waals surface area contributed by atoms with Crippen molar-refractivity contribution in [2.45, 2.75) is 19.9 Å². The van der Waals surface area contributed by atoms with Gasteiger partial charge in [0.25, 0.3) is 23.6 Å². The zero-order valence-corrected chi connectivity index (χ0v) is 17.2. The minimum Gasteiger partial charge on any atom is -0.414 e. The second kappa shape index (κ2) is 9.94. The van der Waals surface area contributed by atoms with Gasteiger partial charge in [0.2, 0.25) is 0 Å². The molecule has 0 saturated heterocycles. The average molecular weight is 415 g/mol. The van der Waals surface area contributed by atoms with Crippen molar-refractivity contribution >= 4 is 28.8 Å². The van der Waals surface area contributed by atoms with Crippen molar-refractivity contribution in [3.05, 3.63) is 53.2 Å². The van der Waals surface area contributed by atoms with Gasteiger partial charge in [0.15, 0.2) is 13.1 Å². The number of nitrogens with zero attached hydrogens (tertiary/aromatic N) is 2. The van der Waals surface area contributed by atoms with Crippen LogP contribution in [0.15, 0.2) is 46.2 Å². The second-order valence-corrected chi connectivity index (χ2v) is 7.49. The zero-order valence-electron chi connectivity index (χ0n) is 16.4. The average Bonchev–Trinajstić information content (AvgIpc) is 3.39. The van der Waals surface area contributed by atoms with E-state index in [9.17, 15) is 9.59 Å². The first kappa shape index (κ1) is 20.7. The van der Waals surface area contributed by atoms with Gasteiger partial charge in [-0.2, -0.15) is 0 Å². The molecule has 0 radical (unpaired) electrons. The van der Waals surface area contributed by atoms with Gasteiger partial charge in [-0.1, -0.05) is 19.1 Å². The van der Waals surface area contributed by atoms with E-state index in [0.29, 0.717) is 29.6 Å². The number of quaternary nitrogens is 1. The van der Waals surface area contributed by atoms with Gasteiger partial charge >= 0.3 is 0 Å². The van der Waals surface area contributed by atoms with Gasteiger partial charge in [-0.3, -0.25) is 9.59 Å². The number of aromatic nitrogens is 2. The lowest BCUT2D eigenvalue weighted by Crippen LogP contribution is -3.11. The van der Waals surface area contributed by atoms with Crippen LogP contribution in [0.5, 0.6) is 0 Å². The minimum absolute atomic E-state index is 0.138. The topological polar surface area (TPSA) is 102 Å². The number of carbonyl (C=O) groups is 2. The molecule has 152 valence electrons. The zero-order chi connectivity index (χ0) is 20.6. The van der Waals surface area contributed by atoms with Crippen LogP contribution in [0.2, 0.25) is 0 Å². The Bertz CT molecular complexity index is 955. The second-order valence-electron chi connectivity index (χ2n) is 6.54. The maximum Gasteiger partial charge on any atom is 0.279 e. The smallest absolute Gasteiger partial charge is 0.279 e. The van der Waals surface area contributed by atoms with E-state index in [-0.39, 0.29) is 18.4 Å². The van der Waals surface area contributed by atoms with E-state index in [1.165, 1.54) is 11.3 Å². The third-order valence-corrected chi connectivity index (χ3v) is 5.11. The summed E-state index contributed by atoms with van der Waals surface area (Å²) in [5, 5.41) is 15.6. The lowest BCUT2D eigenvalue weighted by atomic mass is 10.2. The van der Waals surface area contributed by atoms with E-state index in [1.807, 2.05) is 17.5 Å². The fourth-order valence-electron chi connectivity index (χ4n) is 2.95. The number of hydrogen-bond donors (Lipinski definition) is 3. The highest BCUT2D eigenvalue weighted by Crippen LogP contribution is 2.22. The molecule has 3 aromatic rings. The standard InChI is InChI=1S/C20H23N5O3S/c1-3-9-25(13-18-23-24-20(28-18)16-8-5-10-29-16)12-17(26)22-15-7-4-6-14(11-15)19(27)21-2/h4-8,10-11H,3,9,12-13H2,1-2H3,(H,21,27)(H,22,26)/p+1. The third-order valence-electron chi connectivity index (χ3n) is 4.25. The molecular formula is C20H24N5O3S+. The van der Waals surface area contributed by atoms with Crippen LogP contribution in [0.1, 0.15) is 29.6 Å². The van der Waals surface area contributed by atoms with Gasteiger partial charge in [0.1, 0.15) is 0 Å². The van der Waals surface area contributed by atoms with Crippen molar-refractivity contribution in [3.8, 4) is 10.8 Å². The van der Waals surface area contributed by atoms with E-state index in [1.54, 1.807) is 31.3 Å². The van der Waals surface area contributed by atoms with Crippen LogP contribution in [-0.4, -0.2) is 42.1 Å². The molecule has 0 aliphatic rings. The van der Waals surface area contributed by atoms with Crippen LogP contribution in [0.4, 0.5) is 5.69 Å². The summed E-state index contributed by atoms with van der Waals surface area (Å²) in [6, 6.07) is 10.7. The van der Waals surface area contributed by atoms with Gasteiger partial charge < -0.3 is 20.0 Å². The maximum atomic E-state index is 12.5. The third kappa shape index (κ3) is 5.72. The maximum absolute atomic E-state index is 12.5. The van der Waals surface area contributed by atoms with E-state index in [0.717, 1.165) is 22.7 Å². The Morgan fingerprint density at radius 3 is 2.79 bits per heavy atom. The van der Waals surface area contributed by atoms with Crippen LogP contribution in [-0.2, 0) is 11.3 Å². The summed E-state index contributed by atoms with van der Waals surface area (Å²) in [6.07, 6.45) is 0.917. The fourth-order valence-corrected chi connectivity index (χ4v) is 3.59. The molecule has 0 saturated carbocycles. The van der Waals surface area contributed by atoms with Gasteiger partial charge in [0, 0.05) is 18.3 Å². The molecule has 0 aliphatic heterocycles. The van der Waals surface area contributed by atoms with Gasteiger partial charge in [0.05, 0.1) is 11.4 Å². The highest BCUT2D eigenvalue weighted by molar-refractivity contribution is 7.13. The SMILES string of the molecule is CCC[NH+](CC(=O)Nc1cccc(C(=O)NC)c1)Cc1nnc(-c2cccs2)o1. The molecule has 9 heteroatoms. The molecule has 1 aromatic carbocycles. The molecular weight excluding hydrogens is 390 g/mol. The first-order valence-electron chi connectivity index (χ1n) is 9.41. The van der Waals surface area contributed by atoms with Crippen LogP contribution in [0.3, 0.4) is 0 Å². The van der Waals surface area contributed by atoms with E-state index < -0.39 is 0 Å². The van der Waals surface area contributed by atoms with Gasteiger partial charge in [-0.15, -0.1) is 21.5 Å². The summed E-state index contributed by atoms with van der Waals surface area (Å²) in [5.74, 6) is 0.672. The molecule has 29 heavy (non-hydrogen) atoms. The summed E-state index contributed by atoms with van der Waals surface area (Å²) in [4.78, 5) is 26.2. The molecule has 1 atom stereocenters. The van der Waals surface area contributed by atoms with Crippen molar-refractivity contribution in [2.75, 3.05) is 25.5 Å². The van der Waals surface area contributed by atoms with Crippen LogP contribution >= 0.6 is 11.3 Å². The van der Waals surface area contributed by atoms with Crippen molar-refractivity contribution in [2.24, 2.45) is 0 Å². The number of nitrogens with one attached hydrogen (secondary N) is 3. The normalized spacial score (nSPS) is 11.8. The molecule has 0 spiro atoms. The first-order valence-corrected chi connectivity index (χ1v) is 10.3. The highest BCUT2D eigenvalue weighted by atomic mass is 32.1. The van der Waals surface area contributed by atoms with Crippen molar-refractivity contribution in [1.29, 1.82) is 0 Å². The lowest BCUT2D eigenvalue weighted by molar-refractivity contribution is -0.907. The van der Waals surface area contributed by atoms with E-state index in [4.69, 9.17) is 4.42 Å². The number of thiophene rings is 1. The minimum atomic E-state index is -0.197. The fraction of sp³-hybridized carbons (Fsp3) is 0.300. The monoisotopic (exact) mass is 414 g/mol. The molecule has 0 aliphatic carbocycles. The van der Waals surface area contributed by atoms with Gasteiger partial charge in [-0.25, -0.2) is 0 Å². The summed E-state index contributed by atoms with van der Waals surface area (Å²) in [6.45, 7) is 3.59. The largest absolute Gasteiger partial charge is 0.414 e. The Labute approximate surface area is 172 Å². The number of anilines is 1. The molecule has 2 aromatic heterocycles. The quantitative estimate of drug-likeness (QED) is 0.494.